The van der Waals surface area contributed by atoms with E-state index in [2.05, 4.69) is 15.1 Å². The van der Waals surface area contributed by atoms with E-state index in [1.807, 2.05) is 0 Å². The molecule has 4 aliphatic rings. The Morgan fingerprint density at radius 2 is 1.67 bits per heavy atom. The fourth-order valence-electron chi connectivity index (χ4n) is 5.21. The van der Waals surface area contributed by atoms with Gasteiger partial charge in [0.1, 0.15) is 0 Å². The van der Waals surface area contributed by atoms with Crippen molar-refractivity contribution < 1.29 is 0 Å². The van der Waals surface area contributed by atoms with Gasteiger partial charge in [-0.05, 0) is 82.1 Å². The van der Waals surface area contributed by atoms with Gasteiger partial charge >= 0.3 is 0 Å². The molecule has 4 rings (SSSR count). The maximum absolute atomic E-state index is 5.70. The van der Waals surface area contributed by atoms with Crippen molar-refractivity contribution in [1.82, 2.24) is 15.1 Å². The first-order valence-corrected chi connectivity index (χ1v) is 9.50. The number of likely N-dealkylation sites (tertiary alicyclic amines) is 2. The van der Waals surface area contributed by atoms with Crippen LogP contribution in [0.4, 0.5) is 0 Å². The van der Waals surface area contributed by atoms with Crippen molar-refractivity contribution in [3.05, 3.63) is 0 Å². The van der Waals surface area contributed by atoms with Crippen molar-refractivity contribution in [1.29, 1.82) is 0 Å². The first-order chi connectivity index (χ1) is 10.3. The third kappa shape index (κ3) is 2.94. The van der Waals surface area contributed by atoms with E-state index < -0.39 is 0 Å². The molecule has 0 radical (unpaired) electrons. The minimum Gasteiger partial charge on any atom is -0.360 e. The van der Waals surface area contributed by atoms with Crippen LogP contribution in [0.1, 0.15) is 51.4 Å². The summed E-state index contributed by atoms with van der Waals surface area (Å²) in [4.78, 5) is 5.15. The molecule has 2 aliphatic carbocycles. The quantitative estimate of drug-likeness (QED) is 0.790. The van der Waals surface area contributed by atoms with E-state index in [1.165, 1.54) is 64.5 Å². The summed E-state index contributed by atoms with van der Waals surface area (Å²) in [5.41, 5.74) is 0. The van der Waals surface area contributed by atoms with Crippen LogP contribution in [0.15, 0.2) is 0 Å². The van der Waals surface area contributed by atoms with Gasteiger partial charge in [0.15, 0.2) is 5.11 Å². The average molecular weight is 308 g/mol. The minimum absolute atomic E-state index is 0.688. The van der Waals surface area contributed by atoms with E-state index in [4.69, 9.17) is 12.2 Å². The standard InChI is InChI=1S/C17H29N3S/c21-17(18-16-12-13-3-4-14(16)11-13)20-9-5-15(6-10-20)19-7-1-2-8-19/h13-16H,1-12H2,(H,18,21). The third-order valence-electron chi connectivity index (χ3n) is 6.46. The van der Waals surface area contributed by atoms with E-state index >= 15 is 0 Å². The summed E-state index contributed by atoms with van der Waals surface area (Å²) in [6.07, 6.45) is 11.1. The smallest absolute Gasteiger partial charge is 0.169 e. The highest BCUT2D eigenvalue weighted by Crippen LogP contribution is 2.44. The molecule has 0 aromatic rings. The van der Waals surface area contributed by atoms with Crippen molar-refractivity contribution in [2.24, 2.45) is 11.8 Å². The number of hydrogen-bond donors (Lipinski definition) is 1. The fourth-order valence-corrected chi connectivity index (χ4v) is 5.55. The molecule has 3 atom stereocenters. The highest BCUT2D eigenvalue weighted by Gasteiger charge is 2.40. The molecule has 21 heavy (non-hydrogen) atoms. The van der Waals surface area contributed by atoms with Crippen LogP contribution in [0.25, 0.3) is 0 Å². The summed E-state index contributed by atoms with van der Waals surface area (Å²) >= 11 is 5.70. The molecule has 3 unspecified atom stereocenters. The Morgan fingerprint density at radius 3 is 2.29 bits per heavy atom. The van der Waals surface area contributed by atoms with E-state index in [-0.39, 0.29) is 0 Å². The van der Waals surface area contributed by atoms with E-state index in [1.54, 1.807) is 0 Å². The number of fused-ring (bicyclic) bond motifs is 2. The Balaban J connectivity index is 1.25. The summed E-state index contributed by atoms with van der Waals surface area (Å²) in [7, 11) is 0. The van der Waals surface area contributed by atoms with Gasteiger partial charge < -0.3 is 15.1 Å². The minimum atomic E-state index is 0.688. The summed E-state index contributed by atoms with van der Waals surface area (Å²) < 4.78 is 0. The van der Waals surface area contributed by atoms with Crippen molar-refractivity contribution in [3.63, 3.8) is 0 Å². The zero-order valence-corrected chi connectivity index (χ0v) is 13.9. The highest BCUT2D eigenvalue weighted by atomic mass is 32.1. The second-order valence-corrected chi connectivity index (χ2v) is 8.08. The molecule has 2 saturated heterocycles. The molecule has 2 bridgehead atoms. The lowest BCUT2D eigenvalue weighted by Crippen LogP contribution is -2.51. The van der Waals surface area contributed by atoms with Gasteiger partial charge in [0.25, 0.3) is 0 Å². The second kappa shape index (κ2) is 6.04. The van der Waals surface area contributed by atoms with Gasteiger partial charge in [-0.1, -0.05) is 6.42 Å². The monoisotopic (exact) mass is 307 g/mol. The van der Waals surface area contributed by atoms with E-state index in [9.17, 15) is 0 Å². The molecule has 118 valence electrons. The van der Waals surface area contributed by atoms with Crippen molar-refractivity contribution >= 4 is 17.3 Å². The lowest BCUT2D eigenvalue weighted by atomic mass is 9.95. The first kappa shape index (κ1) is 14.3. The SMILES string of the molecule is S=C(NC1CC2CCC1C2)N1CCC(N2CCCC2)CC1. The summed E-state index contributed by atoms with van der Waals surface area (Å²) in [6.45, 7) is 4.98. The Bertz CT molecular complexity index is 385. The normalized spacial score (nSPS) is 37.3. The highest BCUT2D eigenvalue weighted by molar-refractivity contribution is 7.80. The van der Waals surface area contributed by atoms with Crippen LogP contribution in [0.5, 0.6) is 0 Å². The molecular weight excluding hydrogens is 278 g/mol. The molecule has 1 N–H and O–H groups in total. The van der Waals surface area contributed by atoms with Crippen molar-refractivity contribution in [2.75, 3.05) is 26.2 Å². The molecule has 0 spiro atoms. The zero-order valence-electron chi connectivity index (χ0n) is 13.1. The Hall–Kier alpha value is -0.350. The largest absolute Gasteiger partial charge is 0.360 e. The Kier molecular flexibility index (Phi) is 4.10. The number of nitrogens with one attached hydrogen (secondary N) is 1. The van der Waals surface area contributed by atoms with Crippen LogP contribution in [0.3, 0.4) is 0 Å². The third-order valence-corrected chi connectivity index (χ3v) is 6.83. The van der Waals surface area contributed by atoms with Crippen LogP contribution < -0.4 is 5.32 Å². The van der Waals surface area contributed by atoms with Gasteiger partial charge in [-0.3, -0.25) is 0 Å². The van der Waals surface area contributed by atoms with Gasteiger partial charge in [-0.25, -0.2) is 0 Å². The van der Waals surface area contributed by atoms with Crippen LogP contribution in [-0.4, -0.2) is 53.2 Å². The van der Waals surface area contributed by atoms with Gasteiger partial charge in [-0.2, -0.15) is 0 Å². The number of nitrogens with zero attached hydrogens (tertiary/aromatic N) is 2. The molecule has 2 saturated carbocycles. The lowest BCUT2D eigenvalue weighted by molar-refractivity contribution is 0.162. The van der Waals surface area contributed by atoms with Crippen LogP contribution >= 0.6 is 12.2 Å². The molecule has 0 aromatic carbocycles. The van der Waals surface area contributed by atoms with Gasteiger partial charge in [0.05, 0.1) is 0 Å². The van der Waals surface area contributed by atoms with Gasteiger partial charge in [-0.15, -0.1) is 0 Å². The second-order valence-electron chi connectivity index (χ2n) is 7.69. The first-order valence-electron chi connectivity index (χ1n) is 9.09. The van der Waals surface area contributed by atoms with Gasteiger partial charge in [0.2, 0.25) is 0 Å². The number of piperidine rings is 1. The molecule has 0 amide bonds. The molecule has 3 nitrogen and oxygen atoms in total. The van der Waals surface area contributed by atoms with E-state index in [0.717, 1.165) is 36.1 Å². The maximum atomic E-state index is 5.70. The fraction of sp³-hybridized carbons (Fsp3) is 0.941. The van der Waals surface area contributed by atoms with Crippen molar-refractivity contribution in [3.8, 4) is 0 Å². The predicted octanol–water partition coefficient (Wildman–Crippen LogP) is 2.61. The Morgan fingerprint density at radius 1 is 0.905 bits per heavy atom. The molecule has 0 aromatic heterocycles. The number of thiocarbonyl (C=S) groups is 1. The zero-order chi connectivity index (χ0) is 14.2. The molecular formula is C17H29N3S. The molecule has 4 heteroatoms. The molecule has 2 aliphatic heterocycles. The summed E-state index contributed by atoms with van der Waals surface area (Å²) in [5, 5.41) is 4.76. The van der Waals surface area contributed by atoms with Crippen molar-refractivity contribution in [2.45, 2.75) is 63.5 Å². The number of rotatable bonds is 2. The van der Waals surface area contributed by atoms with Crippen LogP contribution in [0.2, 0.25) is 0 Å². The van der Waals surface area contributed by atoms with Crippen LogP contribution in [0, 0.1) is 11.8 Å². The molecule has 4 fully saturated rings. The summed E-state index contributed by atoms with van der Waals surface area (Å²) in [6, 6.07) is 1.52. The van der Waals surface area contributed by atoms with Gasteiger partial charge in [0, 0.05) is 25.2 Å². The Labute approximate surface area is 134 Å². The van der Waals surface area contributed by atoms with E-state index in [0.29, 0.717) is 6.04 Å². The maximum Gasteiger partial charge on any atom is 0.169 e. The average Bonchev–Trinajstić information content (AvgIpc) is 3.25. The summed E-state index contributed by atoms with van der Waals surface area (Å²) in [5.74, 6) is 1.91. The van der Waals surface area contributed by atoms with Crippen LogP contribution in [-0.2, 0) is 0 Å². The topological polar surface area (TPSA) is 18.5 Å². The number of hydrogen-bond acceptors (Lipinski definition) is 2. The molecule has 2 heterocycles. The lowest BCUT2D eigenvalue weighted by Gasteiger charge is -2.39. The predicted molar refractivity (Wildman–Crippen MR) is 90.4 cm³/mol.